The molecule has 0 aliphatic carbocycles. The van der Waals surface area contributed by atoms with Gasteiger partial charge in [0.05, 0.1) is 18.2 Å². The van der Waals surface area contributed by atoms with Crippen LogP contribution in [0.2, 0.25) is 0 Å². The highest BCUT2D eigenvalue weighted by Gasteiger charge is 2.37. The van der Waals surface area contributed by atoms with Crippen LogP contribution in [0.4, 0.5) is 5.13 Å². The quantitative estimate of drug-likeness (QED) is 0.801. The van der Waals surface area contributed by atoms with Crippen molar-refractivity contribution in [1.29, 1.82) is 5.26 Å². The van der Waals surface area contributed by atoms with E-state index >= 15 is 0 Å². The van der Waals surface area contributed by atoms with Gasteiger partial charge < -0.3 is 4.90 Å². The second-order valence-electron chi connectivity index (χ2n) is 6.81. The van der Waals surface area contributed by atoms with Gasteiger partial charge in [0.15, 0.2) is 0 Å². The maximum Gasteiger partial charge on any atom is 0.249 e. The van der Waals surface area contributed by atoms with E-state index < -0.39 is 0 Å². The molecule has 0 bridgehead atoms. The van der Waals surface area contributed by atoms with E-state index in [0.29, 0.717) is 18.6 Å². The number of nitriles is 1. The Morgan fingerprint density at radius 3 is 2.85 bits per heavy atom. The first-order valence-electron chi connectivity index (χ1n) is 9.02. The fourth-order valence-electron chi connectivity index (χ4n) is 3.60. The van der Waals surface area contributed by atoms with Crippen LogP contribution in [0.25, 0.3) is 0 Å². The number of piperidine rings is 1. The van der Waals surface area contributed by atoms with Crippen molar-refractivity contribution in [2.75, 3.05) is 24.6 Å². The molecule has 8 nitrogen and oxygen atoms in total. The van der Waals surface area contributed by atoms with Gasteiger partial charge in [-0.25, -0.2) is 10.0 Å². The fraction of sp³-hybridized carbons (Fsp3) is 0.500. The Balaban J connectivity index is 1.42. The summed E-state index contributed by atoms with van der Waals surface area (Å²) >= 11 is 1.40. The van der Waals surface area contributed by atoms with Gasteiger partial charge in [0.25, 0.3) is 0 Å². The maximum atomic E-state index is 13.1. The minimum atomic E-state index is -0.179. The molecule has 1 amide bonds. The summed E-state index contributed by atoms with van der Waals surface area (Å²) in [6.45, 7) is 3.96. The molecule has 1 atom stereocenters. The summed E-state index contributed by atoms with van der Waals surface area (Å²) in [6, 6.07) is 3.70. The number of carbonyl (C=O) groups excluding carboxylic acids is 1. The molecule has 0 N–H and O–H groups in total. The van der Waals surface area contributed by atoms with Crippen LogP contribution in [-0.4, -0.2) is 45.0 Å². The monoisotopic (exact) mass is 384 g/mol. The summed E-state index contributed by atoms with van der Waals surface area (Å²) in [5, 5.41) is 11.5. The summed E-state index contributed by atoms with van der Waals surface area (Å²) in [7, 11) is 0. The van der Waals surface area contributed by atoms with E-state index in [1.165, 1.54) is 22.8 Å². The molecule has 4 heterocycles. The van der Waals surface area contributed by atoms with Crippen LogP contribution in [0.15, 0.2) is 18.5 Å². The third-order valence-corrected chi connectivity index (χ3v) is 5.90. The molecule has 2 aromatic rings. The summed E-state index contributed by atoms with van der Waals surface area (Å²) in [5.74, 6) is 0.741. The Labute approximate surface area is 161 Å². The second kappa shape index (κ2) is 7.58. The molecule has 4 rings (SSSR count). The van der Waals surface area contributed by atoms with Gasteiger partial charge in [-0.3, -0.25) is 14.6 Å². The predicted molar refractivity (Wildman–Crippen MR) is 98.7 cm³/mol. The zero-order valence-corrected chi connectivity index (χ0v) is 15.9. The summed E-state index contributed by atoms with van der Waals surface area (Å²) in [5.41, 5.74) is 1.34. The molecule has 2 aliphatic rings. The molecule has 140 valence electrons. The largest absolute Gasteiger partial charge is 0.347 e. The first-order chi connectivity index (χ1) is 13.2. The number of amides is 1. The van der Waals surface area contributed by atoms with E-state index in [1.54, 1.807) is 12.3 Å². The zero-order chi connectivity index (χ0) is 18.8. The van der Waals surface area contributed by atoms with E-state index in [1.807, 2.05) is 6.92 Å². The number of hydroxylamine groups is 2. The molecule has 2 saturated heterocycles. The SMILES string of the molecule is Cc1nsc(N2CCC(C(=O)N3OCCC3c3cncc(C#N)c3)CC2)n1. The van der Waals surface area contributed by atoms with Gasteiger partial charge in [0, 0.05) is 49.4 Å². The Morgan fingerprint density at radius 1 is 1.33 bits per heavy atom. The van der Waals surface area contributed by atoms with Gasteiger partial charge in [-0.05, 0) is 31.4 Å². The number of nitrogens with zero attached hydrogens (tertiary/aromatic N) is 6. The number of pyridine rings is 1. The smallest absolute Gasteiger partial charge is 0.249 e. The van der Waals surface area contributed by atoms with Crippen LogP contribution in [0, 0.1) is 24.2 Å². The van der Waals surface area contributed by atoms with E-state index in [4.69, 9.17) is 10.1 Å². The molecule has 2 fully saturated rings. The van der Waals surface area contributed by atoms with Gasteiger partial charge in [-0.15, -0.1) is 0 Å². The highest BCUT2D eigenvalue weighted by molar-refractivity contribution is 7.09. The summed E-state index contributed by atoms with van der Waals surface area (Å²) in [6.07, 6.45) is 5.48. The molecule has 1 unspecified atom stereocenters. The Bertz CT molecular complexity index is 871. The number of hydrogen-bond donors (Lipinski definition) is 0. The third kappa shape index (κ3) is 3.63. The maximum absolute atomic E-state index is 13.1. The number of rotatable bonds is 3. The lowest BCUT2D eigenvalue weighted by Crippen LogP contribution is -2.42. The molecule has 0 radical (unpaired) electrons. The average molecular weight is 384 g/mol. The number of hydrogen-bond acceptors (Lipinski definition) is 8. The van der Waals surface area contributed by atoms with Crippen LogP contribution >= 0.6 is 11.5 Å². The molecule has 0 spiro atoms. The van der Waals surface area contributed by atoms with Crippen LogP contribution in [0.5, 0.6) is 0 Å². The molecular weight excluding hydrogens is 364 g/mol. The van der Waals surface area contributed by atoms with Crippen LogP contribution < -0.4 is 4.90 Å². The van der Waals surface area contributed by atoms with Gasteiger partial charge >= 0.3 is 0 Å². The lowest BCUT2D eigenvalue weighted by Gasteiger charge is -2.33. The number of anilines is 1. The van der Waals surface area contributed by atoms with Crippen molar-refractivity contribution in [3.8, 4) is 6.07 Å². The highest BCUT2D eigenvalue weighted by Crippen LogP contribution is 2.34. The van der Waals surface area contributed by atoms with E-state index in [9.17, 15) is 4.79 Å². The zero-order valence-electron chi connectivity index (χ0n) is 15.0. The van der Waals surface area contributed by atoms with Gasteiger partial charge in [0.2, 0.25) is 11.0 Å². The first kappa shape index (κ1) is 17.8. The van der Waals surface area contributed by atoms with Gasteiger partial charge in [-0.2, -0.15) is 9.64 Å². The predicted octanol–water partition coefficient (Wildman–Crippen LogP) is 2.23. The topological polar surface area (TPSA) is 95.2 Å². The molecule has 2 aliphatic heterocycles. The first-order valence-corrected chi connectivity index (χ1v) is 9.79. The van der Waals surface area contributed by atoms with Crippen molar-refractivity contribution in [2.24, 2.45) is 5.92 Å². The van der Waals surface area contributed by atoms with Crippen LogP contribution in [-0.2, 0) is 9.63 Å². The van der Waals surface area contributed by atoms with E-state index in [2.05, 4.69) is 25.3 Å². The Hall–Kier alpha value is -2.57. The molecule has 0 saturated carbocycles. The number of aryl methyl sites for hydroxylation is 1. The van der Waals surface area contributed by atoms with Crippen LogP contribution in [0.1, 0.15) is 42.3 Å². The van der Waals surface area contributed by atoms with Gasteiger partial charge in [0.1, 0.15) is 11.9 Å². The summed E-state index contributed by atoms with van der Waals surface area (Å²) < 4.78 is 4.23. The second-order valence-corrected chi connectivity index (χ2v) is 7.54. The number of carbonyl (C=O) groups is 1. The van der Waals surface area contributed by atoms with Crippen molar-refractivity contribution in [1.82, 2.24) is 19.4 Å². The van der Waals surface area contributed by atoms with E-state index in [0.717, 1.165) is 42.5 Å². The molecule has 0 aromatic carbocycles. The van der Waals surface area contributed by atoms with Crippen LogP contribution in [0.3, 0.4) is 0 Å². The van der Waals surface area contributed by atoms with Crippen molar-refractivity contribution < 1.29 is 9.63 Å². The molecule has 2 aromatic heterocycles. The van der Waals surface area contributed by atoms with Crippen molar-refractivity contribution >= 4 is 22.6 Å². The summed E-state index contributed by atoms with van der Waals surface area (Å²) in [4.78, 5) is 29.5. The van der Waals surface area contributed by atoms with Crippen molar-refractivity contribution in [3.05, 3.63) is 35.4 Å². The fourth-order valence-corrected chi connectivity index (χ4v) is 4.33. The highest BCUT2D eigenvalue weighted by atomic mass is 32.1. The minimum Gasteiger partial charge on any atom is -0.347 e. The average Bonchev–Trinajstić information content (AvgIpc) is 3.37. The Kier molecular flexibility index (Phi) is 5.01. The lowest BCUT2D eigenvalue weighted by molar-refractivity contribution is -0.182. The standard InChI is InChI=1S/C18H20N6O2S/c1-12-21-18(27-22-12)23-5-2-14(3-6-23)17(25)24-16(4-7-26-24)15-8-13(9-19)10-20-11-15/h8,10-11,14,16H,2-7H2,1H3. The molecule has 27 heavy (non-hydrogen) atoms. The lowest BCUT2D eigenvalue weighted by atomic mass is 9.95. The van der Waals surface area contributed by atoms with E-state index in [-0.39, 0.29) is 17.9 Å². The molecular formula is C18H20N6O2S. The van der Waals surface area contributed by atoms with Crippen molar-refractivity contribution in [2.45, 2.75) is 32.2 Å². The van der Waals surface area contributed by atoms with Crippen molar-refractivity contribution in [3.63, 3.8) is 0 Å². The molecule has 9 heteroatoms. The Morgan fingerprint density at radius 2 is 2.15 bits per heavy atom. The minimum absolute atomic E-state index is 0.0213. The number of aromatic nitrogens is 3. The third-order valence-electron chi connectivity index (χ3n) is 5.03. The van der Waals surface area contributed by atoms with Gasteiger partial charge in [-0.1, -0.05) is 0 Å². The normalized spacial score (nSPS) is 20.7.